The van der Waals surface area contributed by atoms with Crippen LogP contribution in [0, 0.1) is 0 Å². The van der Waals surface area contributed by atoms with E-state index >= 15 is 0 Å². The third-order valence-electron chi connectivity index (χ3n) is 0.787. The largest absolute Gasteiger partial charge is 0.0888 e. The Morgan fingerprint density at radius 1 is 1.43 bits per heavy atom. The van der Waals surface area contributed by atoms with Gasteiger partial charge in [0, 0.05) is 16.5 Å². The second kappa shape index (κ2) is 1.89. The van der Waals surface area contributed by atoms with E-state index in [1.165, 1.54) is 0 Å². The van der Waals surface area contributed by atoms with Crippen molar-refractivity contribution in [3.63, 3.8) is 0 Å². The van der Waals surface area contributed by atoms with Crippen molar-refractivity contribution in [1.82, 2.24) is 0 Å². The lowest BCUT2D eigenvalue weighted by Gasteiger charge is -1.75. The minimum atomic E-state index is 0.755. The fourth-order valence-corrected chi connectivity index (χ4v) is 0.922. The van der Waals surface area contributed by atoms with Gasteiger partial charge in [0.25, 0.3) is 0 Å². The molecule has 0 saturated carbocycles. The SMILES string of the molecule is ClC1=CCC(Cl)=C1. The normalized spacial score (nSPS) is 19.1. The standard InChI is InChI=1S/C5H4Cl2/c6-4-1-2-5(7)3-4/h1,3H,2H2. The van der Waals surface area contributed by atoms with Crippen molar-refractivity contribution in [1.29, 1.82) is 0 Å². The molecule has 0 aromatic rings. The Balaban J connectivity index is 2.69. The van der Waals surface area contributed by atoms with E-state index in [1.807, 2.05) is 6.08 Å². The van der Waals surface area contributed by atoms with Crippen LogP contribution >= 0.6 is 23.2 Å². The van der Waals surface area contributed by atoms with Crippen molar-refractivity contribution in [3.05, 3.63) is 22.2 Å². The third-order valence-corrected chi connectivity index (χ3v) is 1.31. The first-order valence-corrected chi connectivity index (χ1v) is 2.76. The van der Waals surface area contributed by atoms with E-state index in [4.69, 9.17) is 23.2 Å². The number of hydrogen-bond donors (Lipinski definition) is 0. The zero-order valence-corrected chi connectivity index (χ0v) is 5.13. The molecule has 0 spiro atoms. The smallest absolute Gasteiger partial charge is 0.0381 e. The lowest BCUT2D eigenvalue weighted by Crippen LogP contribution is -1.53. The molecule has 0 unspecified atom stereocenters. The summed E-state index contributed by atoms with van der Waals surface area (Å²) in [6.07, 6.45) is 4.44. The van der Waals surface area contributed by atoms with Gasteiger partial charge in [-0.05, 0) is 6.08 Å². The topological polar surface area (TPSA) is 0 Å². The van der Waals surface area contributed by atoms with Gasteiger partial charge >= 0.3 is 0 Å². The molecule has 7 heavy (non-hydrogen) atoms. The molecule has 0 aliphatic heterocycles. The van der Waals surface area contributed by atoms with E-state index in [-0.39, 0.29) is 0 Å². The van der Waals surface area contributed by atoms with E-state index in [2.05, 4.69) is 0 Å². The first-order valence-electron chi connectivity index (χ1n) is 2.01. The average molecular weight is 135 g/mol. The van der Waals surface area contributed by atoms with Crippen molar-refractivity contribution < 1.29 is 0 Å². The van der Waals surface area contributed by atoms with Crippen LogP contribution in [0.3, 0.4) is 0 Å². The minimum absolute atomic E-state index is 0.755. The summed E-state index contributed by atoms with van der Waals surface area (Å²) in [6.45, 7) is 0. The molecule has 0 heterocycles. The molecular formula is C5H4Cl2. The van der Waals surface area contributed by atoms with Crippen LogP contribution in [0.25, 0.3) is 0 Å². The van der Waals surface area contributed by atoms with Crippen molar-refractivity contribution in [2.24, 2.45) is 0 Å². The Hall–Kier alpha value is 0.0600. The highest BCUT2D eigenvalue weighted by atomic mass is 35.5. The fraction of sp³-hybridized carbons (Fsp3) is 0.200. The van der Waals surface area contributed by atoms with Crippen molar-refractivity contribution in [2.45, 2.75) is 6.42 Å². The molecular weight excluding hydrogens is 131 g/mol. The Labute approximate surface area is 52.4 Å². The molecule has 0 saturated heterocycles. The summed E-state index contributed by atoms with van der Waals surface area (Å²) in [6, 6.07) is 0. The molecule has 0 N–H and O–H groups in total. The fourth-order valence-electron chi connectivity index (χ4n) is 0.462. The molecule has 0 aromatic carbocycles. The first-order chi connectivity index (χ1) is 3.29. The summed E-state index contributed by atoms with van der Waals surface area (Å²) < 4.78 is 0. The van der Waals surface area contributed by atoms with Gasteiger partial charge in [0.2, 0.25) is 0 Å². The zero-order chi connectivity index (χ0) is 5.28. The summed E-state index contributed by atoms with van der Waals surface area (Å²) in [5.74, 6) is 0. The monoisotopic (exact) mass is 134 g/mol. The Morgan fingerprint density at radius 3 is 2.29 bits per heavy atom. The molecule has 0 radical (unpaired) electrons. The molecule has 0 amide bonds. The van der Waals surface area contributed by atoms with E-state index in [1.54, 1.807) is 6.08 Å². The van der Waals surface area contributed by atoms with E-state index in [9.17, 15) is 0 Å². The van der Waals surface area contributed by atoms with Crippen molar-refractivity contribution >= 4 is 23.2 Å². The summed E-state index contributed by atoms with van der Waals surface area (Å²) in [5.41, 5.74) is 0. The molecule has 0 bridgehead atoms. The van der Waals surface area contributed by atoms with Crippen molar-refractivity contribution in [2.75, 3.05) is 0 Å². The number of rotatable bonds is 0. The lowest BCUT2D eigenvalue weighted by atomic mass is 10.5. The number of hydrogen-bond acceptors (Lipinski definition) is 0. The summed E-state index contributed by atoms with van der Waals surface area (Å²) in [4.78, 5) is 0. The van der Waals surface area contributed by atoms with Crippen LogP contribution in [0.4, 0.5) is 0 Å². The highest BCUT2D eigenvalue weighted by molar-refractivity contribution is 6.35. The van der Waals surface area contributed by atoms with Crippen LogP contribution in [-0.4, -0.2) is 0 Å². The van der Waals surface area contributed by atoms with E-state index in [0.717, 1.165) is 16.5 Å². The second-order valence-corrected chi connectivity index (χ2v) is 2.31. The van der Waals surface area contributed by atoms with Gasteiger partial charge < -0.3 is 0 Å². The molecule has 2 heteroatoms. The van der Waals surface area contributed by atoms with Gasteiger partial charge in [0.1, 0.15) is 0 Å². The van der Waals surface area contributed by atoms with Crippen LogP contribution in [-0.2, 0) is 0 Å². The number of halogens is 2. The van der Waals surface area contributed by atoms with Crippen LogP contribution in [0.15, 0.2) is 22.2 Å². The molecule has 0 fully saturated rings. The maximum atomic E-state index is 5.53. The summed E-state index contributed by atoms with van der Waals surface area (Å²) >= 11 is 11.0. The molecule has 1 rings (SSSR count). The molecule has 1 aliphatic carbocycles. The minimum Gasteiger partial charge on any atom is -0.0888 e. The Bertz CT molecular complexity index is 133. The van der Waals surface area contributed by atoms with Crippen LogP contribution in [0.2, 0.25) is 0 Å². The second-order valence-electron chi connectivity index (χ2n) is 1.38. The molecule has 38 valence electrons. The van der Waals surface area contributed by atoms with Gasteiger partial charge in [0.05, 0.1) is 0 Å². The van der Waals surface area contributed by atoms with Crippen LogP contribution in [0.1, 0.15) is 6.42 Å². The van der Waals surface area contributed by atoms with Gasteiger partial charge in [0.15, 0.2) is 0 Å². The maximum absolute atomic E-state index is 5.53. The van der Waals surface area contributed by atoms with Gasteiger partial charge in [-0.1, -0.05) is 29.3 Å². The van der Waals surface area contributed by atoms with Crippen LogP contribution < -0.4 is 0 Å². The summed E-state index contributed by atoms with van der Waals surface area (Å²) in [7, 11) is 0. The van der Waals surface area contributed by atoms with Crippen molar-refractivity contribution in [3.8, 4) is 0 Å². The molecule has 0 aromatic heterocycles. The van der Waals surface area contributed by atoms with Crippen LogP contribution in [0.5, 0.6) is 0 Å². The average Bonchev–Trinajstić information content (AvgIpc) is 1.87. The lowest BCUT2D eigenvalue weighted by molar-refractivity contribution is 1.41. The highest BCUT2D eigenvalue weighted by Crippen LogP contribution is 2.22. The zero-order valence-electron chi connectivity index (χ0n) is 3.62. The predicted molar refractivity (Wildman–Crippen MR) is 32.5 cm³/mol. The Kier molecular flexibility index (Phi) is 1.40. The molecule has 0 nitrogen and oxygen atoms in total. The van der Waals surface area contributed by atoms with E-state index in [0.29, 0.717) is 0 Å². The van der Waals surface area contributed by atoms with Gasteiger partial charge in [-0.15, -0.1) is 0 Å². The highest BCUT2D eigenvalue weighted by Gasteiger charge is 1.98. The maximum Gasteiger partial charge on any atom is 0.0381 e. The van der Waals surface area contributed by atoms with Gasteiger partial charge in [-0.3, -0.25) is 0 Å². The molecule has 1 aliphatic rings. The summed E-state index contributed by atoms with van der Waals surface area (Å²) in [5, 5.41) is 1.58. The predicted octanol–water partition coefficient (Wildman–Crippen LogP) is 2.64. The molecule has 0 atom stereocenters. The third kappa shape index (κ3) is 1.22. The number of allylic oxidation sites excluding steroid dienone is 4. The van der Waals surface area contributed by atoms with Gasteiger partial charge in [-0.25, -0.2) is 0 Å². The quantitative estimate of drug-likeness (QED) is 0.478. The Morgan fingerprint density at radius 2 is 2.14 bits per heavy atom. The van der Waals surface area contributed by atoms with Gasteiger partial charge in [-0.2, -0.15) is 0 Å². The first kappa shape index (κ1) is 5.20. The van der Waals surface area contributed by atoms with E-state index < -0.39 is 0 Å².